The Bertz CT molecular complexity index is 775. The lowest BCUT2D eigenvalue weighted by Crippen LogP contribution is -2.41. The molecule has 0 unspecified atom stereocenters. The van der Waals surface area contributed by atoms with Crippen LogP contribution in [0.3, 0.4) is 0 Å². The zero-order valence-electron chi connectivity index (χ0n) is 15.4. The molecule has 2 aliphatic rings. The fourth-order valence-electron chi connectivity index (χ4n) is 4.06. The predicted octanol–water partition coefficient (Wildman–Crippen LogP) is 3.72. The van der Waals surface area contributed by atoms with Gasteiger partial charge in [0, 0.05) is 38.3 Å². The van der Waals surface area contributed by atoms with Crippen LogP contribution in [-0.4, -0.2) is 43.1 Å². The van der Waals surface area contributed by atoms with Gasteiger partial charge in [0.25, 0.3) is 0 Å². The van der Waals surface area contributed by atoms with Crippen molar-refractivity contribution in [1.82, 2.24) is 4.90 Å². The SMILES string of the molecule is O=C1C[C@@H](CN2CCC(Oc3ccccc3F)CC2)CN1c1ccccc1. The number of para-hydroxylation sites is 2. The van der Waals surface area contributed by atoms with E-state index < -0.39 is 0 Å². The van der Waals surface area contributed by atoms with Crippen LogP contribution in [0.2, 0.25) is 0 Å². The maximum absolute atomic E-state index is 13.7. The Labute approximate surface area is 159 Å². The van der Waals surface area contributed by atoms with Crippen molar-refractivity contribution in [3.63, 3.8) is 0 Å². The number of halogens is 1. The lowest BCUT2D eigenvalue weighted by Gasteiger charge is -2.33. The molecule has 4 nitrogen and oxygen atoms in total. The third kappa shape index (κ3) is 4.30. The molecule has 27 heavy (non-hydrogen) atoms. The molecule has 142 valence electrons. The molecule has 2 heterocycles. The average molecular weight is 368 g/mol. The maximum Gasteiger partial charge on any atom is 0.227 e. The molecule has 5 heteroatoms. The molecule has 2 saturated heterocycles. The van der Waals surface area contributed by atoms with Crippen LogP contribution in [-0.2, 0) is 4.79 Å². The molecule has 0 spiro atoms. The first-order chi connectivity index (χ1) is 13.2. The van der Waals surface area contributed by atoms with E-state index in [-0.39, 0.29) is 17.8 Å². The van der Waals surface area contributed by atoms with Crippen molar-refractivity contribution in [3.05, 3.63) is 60.4 Å². The van der Waals surface area contributed by atoms with Crippen molar-refractivity contribution >= 4 is 11.6 Å². The molecule has 2 aromatic carbocycles. The normalized spacial score (nSPS) is 21.6. The number of piperidine rings is 1. The first kappa shape index (κ1) is 18.0. The molecule has 4 rings (SSSR count). The number of rotatable bonds is 5. The highest BCUT2D eigenvalue weighted by molar-refractivity contribution is 5.95. The molecule has 0 N–H and O–H groups in total. The standard InChI is InChI=1S/C22H25FN2O2/c23-20-8-4-5-9-21(20)27-19-10-12-24(13-11-19)15-17-14-22(26)25(16-17)18-6-2-1-3-7-18/h1-9,17,19H,10-16H2/t17-/m0/s1. The van der Waals surface area contributed by atoms with Gasteiger partial charge in [-0.2, -0.15) is 0 Å². The molecule has 0 radical (unpaired) electrons. The second-order valence-electron chi connectivity index (χ2n) is 7.46. The van der Waals surface area contributed by atoms with Gasteiger partial charge in [-0.15, -0.1) is 0 Å². The first-order valence-corrected chi connectivity index (χ1v) is 9.68. The predicted molar refractivity (Wildman–Crippen MR) is 103 cm³/mol. The number of hydrogen-bond acceptors (Lipinski definition) is 3. The quantitative estimate of drug-likeness (QED) is 0.806. The summed E-state index contributed by atoms with van der Waals surface area (Å²) in [5, 5.41) is 0. The summed E-state index contributed by atoms with van der Waals surface area (Å²) in [7, 11) is 0. The highest BCUT2D eigenvalue weighted by atomic mass is 19.1. The number of ether oxygens (including phenoxy) is 1. The van der Waals surface area contributed by atoms with Crippen LogP contribution in [0.5, 0.6) is 5.75 Å². The van der Waals surface area contributed by atoms with E-state index in [9.17, 15) is 9.18 Å². The highest BCUT2D eigenvalue weighted by Crippen LogP contribution is 2.27. The molecular weight excluding hydrogens is 343 g/mol. The zero-order chi connectivity index (χ0) is 18.6. The third-order valence-corrected chi connectivity index (χ3v) is 5.45. The largest absolute Gasteiger partial charge is 0.487 e. The number of amides is 1. The summed E-state index contributed by atoms with van der Waals surface area (Å²) in [4.78, 5) is 16.7. The van der Waals surface area contributed by atoms with Gasteiger partial charge in [0.15, 0.2) is 11.6 Å². The second-order valence-corrected chi connectivity index (χ2v) is 7.46. The molecule has 2 fully saturated rings. The van der Waals surface area contributed by atoms with Gasteiger partial charge in [-0.1, -0.05) is 30.3 Å². The van der Waals surface area contributed by atoms with Gasteiger partial charge >= 0.3 is 0 Å². The number of nitrogens with zero attached hydrogens (tertiary/aromatic N) is 2. The van der Waals surface area contributed by atoms with Crippen molar-refractivity contribution < 1.29 is 13.9 Å². The summed E-state index contributed by atoms with van der Waals surface area (Å²) < 4.78 is 19.6. The minimum absolute atomic E-state index is 0.0594. The number of anilines is 1. The fraction of sp³-hybridized carbons (Fsp3) is 0.409. The van der Waals surface area contributed by atoms with E-state index in [1.165, 1.54) is 6.07 Å². The molecule has 0 bridgehead atoms. The maximum atomic E-state index is 13.7. The fourth-order valence-corrected chi connectivity index (χ4v) is 4.06. The van der Waals surface area contributed by atoms with E-state index in [2.05, 4.69) is 4.90 Å². The van der Waals surface area contributed by atoms with Gasteiger partial charge in [0.1, 0.15) is 6.10 Å². The Morgan fingerprint density at radius 3 is 2.44 bits per heavy atom. The van der Waals surface area contributed by atoms with Gasteiger partial charge < -0.3 is 14.5 Å². The van der Waals surface area contributed by atoms with E-state index in [4.69, 9.17) is 4.74 Å². The minimum Gasteiger partial charge on any atom is -0.487 e. The summed E-state index contributed by atoms with van der Waals surface area (Å²) in [5.41, 5.74) is 0.988. The number of benzene rings is 2. The van der Waals surface area contributed by atoms with Crippen LogP contribution >= 0.6 is 0 Å². The number of carbonyl (C=O) groups excluding carboxylic acids is 1. The Morgan fingerprint density at radius 2 is 1.70 bits per heavy atom. The Balaban J connectivity index is 1.26. The van der Waals surface area contributed by atoms with Crippen molar-refractivity contribution in [1.29, 1.82) is 0 Å². The highest BCUT2D eigenvalue weighted by Gasteiger charge is 2.32. The van der Waals surface area contributed by atoms with Crippen molar-refractivity contribution in [2.24, 2.45) is 5.92 Å². The van der Waals surface area contributed by atoms with Crippen LogP contribution < -0.4 is 9.64 Å². The minimum atomic E-state index is -0.301. The van der Waals surface area contributed by atoms with E-state index in [0.717, 1.165) is 44.7 Å². The van der Waals surface area contributed by atoms with Crippen LogP contribution in [0.25, 0.3) is 0 Å². The lowest BCUT2D eigenvalue weighted by molar-refractivity contribution is -0.117. The topological polar surface area (TPSA) is 32.8 Å². The van der Waals surface area contributed by atoms with E-state index >= 15 is 0 Å². The van der Waals surface area contributed by atoms with E-state index in [1.807, 2.05) is 35.2 Å². The van der Waals surface area contributed by atoms with Crippen LogP contribution in [0.15, 0.2) is 54.6 Å². The molecule has 1 amide bonds. The smallest absolute Gasteiger partial charge is 0.227 e. The van der Waals surface area contributed by atoms with Crippen molar-refractivity contribution in [2.75, 3.05) is 31.1 Å². The summed E-state index contributed by atoms with van der Waals surface area (Å²) in [6, 6.07) is 16.5. The molecule has 0 aromatic heterocycles. The number of hydrogen-bond donors (Lipinski definition) is 0. The monoisotopic (exact) mass is 368 g/mol. The van der Waals surface area contributed by atoms with Gasteiger partial charge in [-0.25, -0.2) is 4.39 Å². The summed E-state index contributed by atoms with van der Waals surface area (Å²) in [6.45, 7) is 3.57. The number of likely N-dealkylation sites (tertiary alicyclic amines) is 1. The van der Waals surface area contributed by atoms with Gasteiger partial charge in [-0.3, -0.25) is 4.79 Å². The molecule has 1 atom stereocenters. The number of carbonyl (C=O) groups is 1. The Morgan fingerprint density at radius 1 is 1.00 bits per heavy atom. The zero-order valence-corrected chi connectivity index (χ0v) is 15.4. The molecule has 2 aromatic rings. The second kappa shape index (κ2) is 8.09. The van der Waals surface area contributed by atoms with Gasteiger partial charge in [0.05, 0.1) is 0 Å². The molecular formula is C22H25FN2O2. The first-order valence-electron chi connectivity index (χ1n) is 9.68. The molecule has 0 saturated carbocycles. The Kier molecular flexibility index (Phi) is 5.39. The van der Waals surface area contributed by atoms with E-state index in [1.54, 1.807) is 18.2 Å². The van der Waals surface area contributed by atoms with Crippen LogP contribution in [0.4, 0.5) is 10.1 Å². The third-order valence-electron chi connectivity index (χ3n) is 5.45. The van der Waals surface area contributed by atoms with Crippen LogP contribution in [0.1, 0.15) is 19.3 Å². The summed E-state index contributed by atoms with van der Waals surface area (Å²) in [5.74, 6) is 0.618. The lowest BCUT2D eigenvalue weighted by atomic mass is 10.0. The van der Waals surface area contributed by atoms with E-state index in [0.29, 0.717) is 18.1 Å². The summed E-state index contributed by atoms with van der Waals surface area (Å²) >= 11 is 0. The van der Waals surface area contributed by atoms with Crippen molar-refractivity contribution in [3.8, 4) is 5.75 Å². The molecule has 2 aliphatic heterocycles. The average Bonchev–Trinajstić information content (AvgIpc) is 3.06. The Hall–Kier alpha value is -2.40. The van der Waals surface area contributed by atoms with Crippen molar-refractivity contribution in [2.45, 2.75) is 25.4 Å². The van der Waals surface area contributed by atoms with Crippen LogP contribution in [0, 0.1) is 11.7 Å². The van der Waals surface area contributed by atoms with Gasteiger partial charge in [0.2, 0.25) is 5.91 Å². The molecule has 0 aliphatic carbocycles. The van der Waals surface area contributed by atoms with Gasteiger partial charge in [-0.05, 0) is 43.0 Å². The summed E-state index contributed by atoms with van der Waals surface area (Å²) in [6.07, 6.45) is 2.44.